The van der Waals surface area contributed by atoms with Crippen LogP contribution in [0.4, 0.5) is 44.3 Å². The van der Waals surface area contributed by atoms with Crippen LogP contribution in [0.3, 0.4) is 0 Å². The summed E-state index contributed by atoms with van der Waals surface area (Å²) < 4.78 is 140. The number of aromatic amines is 1. The average Bonchev–Trinajstić information content (AvgIpc) is 3.64. The fourth-order valence-corrected chi connectivity index (χ4v) is 6.58. The number of hydrogen-bond acceptors (Lipinski definition) is 6. The van der Waals surface area contributed by atoms with E-state index in [-0.39, 0.29) is 54.5 Å². The Labute approximate surface area is 276 Å². The van der Waals surface area contributed by atoms with Gasteiger partial charge in [-0.2, -0.15) is 39.5 Å². The third-order valence-corrected chi connectivity index (χ3v) is 8.80. The number of nitrogens with zero attached hydrogens (tertiary/aromatic N) is 2. The molecule has 6 rings (SSSR count). The smallest absolute Gasteiger partial charge is 0.434 e. The predicted octanol–water partition coefficient (Wildman–Crippen LogP) is 8.67. The van der Waals surface area contributed by atoms with E-state index in [1.54, 1.807) is 18.2 Å². The SMILES string of the molecule is COc1ccc(CCc2n[nH]c(=O)o2)cc1-c1ccc(C(F)(F)F)cc1[C@@H]1CCC[C@H]2[C@@H](c3cc(C(F)(F)F)cc(C(F)(F)F)c3)OC(=O)N12. The second-order valence-corrected chi connectivity index (χ2v) is 11.9. The molecular weight excluding hydrogens is 689 g/mol. The molecule has 0 spiro atoms. The molecule has 2 fully saturated rings. The minimum absolute atomic E-state index is 0.0240. The van der Waals surface area contributed by atoms with Crippen LogP contribution in [0.25, 0.3) is 11.1 Å². The van der Waals surface area contributed by atoms with Crippen molar-refractivity contribution < 1.29 is 58.2 Å². The van der Waals surface area contributed by atoms with Gasteiger partial charge < -0.3 is 13.9 Å². The lowest BCUT2D eigenvalue weighted by Crippen LogP contribution is -2.41. The highest BCUT2D eigenvalue weighted by Gasteiger charge is 2.50. The van der Waals surface area contributed by atoms with Crippen molar-refractivity contribution in [2.24, 2.45) is 0 Å². The number of carbonyl (C=O) groups is 1. The minimum Gasteiger partial charge on any atom is -0.496 e. The molecule has 3 heterocycles. The van der Waals surface area contributed by atoms with Crippen LogP contribution in [0, 0.1) is 0 Å². The Bertz CT molecular complexity index is 1930. The van der Waals surface area contributed by atoms with Crippen LogP contribution >= 0.6 is 0 Å². The zero-order valence-electron chi connectivity index (χ0n) is 25.8. The molecule has 3 atom stereocenters. The summed E-state index contributed by atoms with van der Waals surface area (Å²) in [5.41, 5.74) is -3.50. The maximum atomic E-state index is 14.1. The van der Waals surface area contributed by atoms with Gasteiger partial charge in [0.15, 0.2) is 0 Å². The van der Waals surface area contributed by atoms with Gasteiger partial charge in [-0.15, -0.1) is 5.10 Å². The summed E-state index contributed by atoms with van der Waals surface area (Å²) in [5.74, 6) is -0.355. The number of fused-ring (bicyclic) bond motifs is 1. The van der Waals surface area contributed by atoms with Crippen molar-refractivity contribution in [3.8, 4) is 16.9 Å². The Hall–Kier alpha value is -4.96. The van der Waals surface area contributed by atoms with E-state index >= 15 is 0 Å². The molecule has 1 aromatic heterocycles. The summed E-state index contributed by atoms with van der Waals surface area (Å²) in [5, 5.41) is 5.91. The molecule has 0 saturated carbocycles. The lowest BCUT2D eigenvalue weighted by molar-refractivity contribution is -0.143. The Morgan fingerprint density at radius 1 is 0.820 bits per heavy atom. The van der Waals surface area contributed by atoms with E-state index in [1.165, 1.54) is 13.2 Å². The van der Waals surface area contributed by atoms with Crippen LogP contribution in [0.15, 0.2) is 63.8 Å². The standard InChI is InChI=1S/C33H26F9N3O5/c1-48-26-9-5-16(6-10-27-43-44-29(46)49-27)11-23(26)21-8-7-18(31(34,35)36)15-22(21)24-3-2-4-25-28(50-30(47)45(24)25)17-12-19(32(37,38)39)14-20(13-17)33(40,41)42/h5,7-9,11-15,24-25,28H,2-4,6,10H2,1H3,(H,44,46)/t24-,25-,28+/m0/s1. The molecule has 1 N–H and O–H groups in total. The molecular formula is C33H26F9N3O5. The van der Waals surface area contributed by atoms with E-state index in [2.05, 4.69) is 10.2 Å². The third kappa shape index (κ3) is 6.89. The highest BCUT2D eigenvalue weighted by molar-refractivity contribution is 5.77. The molecule has 2 saturated heterocycles. The van der Waals surface area contributed by atoms with Crippen molar-refractivity contribution in [3.05, 3.63) is 104 Å². The second kappa shape index (κ2) is 12.7. The number of halogens is 9. The number of rotatable bonds is 7. The number of ether oxygens (including phenoxy) is 2. The number of nitrogens with one attached hydrogen (secondary N) is 1. The van der Waals surface area contributed by atoms with Crippen molar-refractivity contribution in [2.45, 2.75) is 68.8 Å². The fourth-order valence-electron chi connectivity index (χ4n) is 6.58. The fraction of sp³-hybridized carbons (Fsp3) is 0.364. The number of aryl methyl sites for hydroxylation is 2. The lowest BCUT2D eigenvalue weighted by Gasteiger charge is -2.38. The molecule has 0 radical (unpaired) electrons. The van der Waals surface area contributed by atoms with Crippen molar-refractivity contribution in [2.75, 3.05) is 7.11 Å². The molecule has 0 aliphatic carbocycles. The van der Waals surface area contributed by atoms with Crippen LogP contribution in [0.1, 0.15) is 70.7 Å². The average molecular weight is 716 g/mol. The van der Waals surface area contributed by atoms with Crippen LogP contribution < -0.4 is 10.5 Å². The maximum Gasteiger partial charge on any atom is 0.434 e. The molecule has 2 aliphatic rings. The Morgan fingerprint density at radius 2 is 1.50 bits per heavy atom. The van der Waals surface area contributed by atoms with Gasteiger partial charge in [0.1, 0.15) is 11.9 Å². The molecule has 0 unspecified atom stereocenters. The Balaban J connectivity index is 1.43. The van der Waals surface area contributed by atoms with Gasteiger partial charge in [0.2, 0.25) is 5.89 Å². The number of cyclic esters (lactones) is 1. The highest BCUT2D eigenvalue weighted by Crippen LogP contribution is 2.50. The summed E-state index contributed by atoms with van der Waals surface area (Å²) in [6.07, 6.45) is -16.8. The van der Waals surface area contributed by atoms with Gasteiger partial charge in [0.05, 0.1) is 35.9 Å². The van der Waals surface area contributed by atoms with Gasteiger partial charge in [-0.05, 0) is 90.4 Å². The van der Waals surface area contributed by atoms with E-state index in [0.29, 0.717) is 29.7 Å². The van der Waals surface area contributed by atoms with Gasteiger partial charge in [0.25, 0.3) is 0 Å². The molecule has 50 heavy (non-hydrogen) atoms. The van der Waals surface area contributed by atoms with Crippen molar-refractivity contribution in [3.63, 3.8) is 0 Å². The lowest BCUT2D eigenvalue weighted by atomic mass is 9.83. The third-order valence-electron chi connectivity index (χ3n) is 8.80. The molecule has 0 bridgehead atoms. The number of benzene rings is 3. The number of hydrogen-bond donors (Lipinski definition) is 1. The van der Waals surface area contributed by atoms with E-state index in [9.17, 15) is 49.1 Å². The quantitative estimate of drug-likeness (QED) is 0.193. The number of aromatic nitrogens is 2. The molecule has 2 aliphatic heterocycles. The largest absolute Gasteiger partial charge is 0.496 e. The van der Waals surface area contributed by atoms with Crippen LogP contribution in [0.2, 0.25) is 0 Å². The topological polar surface area (TPSA) is 97.7 Å². The van der Waals surface area contributed by atoms with Crippen LogP contribution in [0.5, 0.6) is 5.75 Å². The first-order valence-electron chi connectivity index (χ1n) is 15.1. The zero-order valence-corrected chi connectivity index (χ0v) is 25.8. The highest BCUT2D eigenvalue weighted by atomic mass is 19.4. The summed E-state index contributed by atoms with van der Waals surface area (Å²) in [4.78, 5) is 25.9. The molecule has 8 nitrogen and oxygen atoms in total. The van der Waals surface area contributed by atoms with E-state index in [4.69, 9.17) is 13.9 Å². The van der Waals surface area contributed by atoms with Crippen molar-refractivity contribution >= 4 is 6.09 Å². The molecule has 17 heteroatoms. The van der Waals surface area contributed by atoms with E-state index in [0.717, 1.165) is 17.0 Å². The normalized spacial score (nSPS) is 19.8. The first-order valence-corrected chi connectivity index (χ1v) is 15.1. The molecule has 4 aromatic rings. The molecule has 3 aromatic carbocycles. The first kappa shape index (κ1) is 34.9. The van der Waals surface area contributed by atoms with Gasteiger partial charge >= 0.3 is 30.4 Å². The van der Waals surface area contributed by atoms with Crippen LogP contribution in [-0.4, -0.2) is 34.3 Å². The number of piperidine rings is 1. The van der Waals surface area contributed by atoms with Gasteiger partial charge in [-0.1, -0.05) is 12.1 Å². The van der Waals surface area contributed by atoms with E-state index in [1.807, 2.05) is 0 Å². The summed E-state index contributed by atoms with van der Waals surface area (Å²) in [7, 11) is 1.35. The molecule has 266 valence electrons. The maximum absolute atomic E-state index is 14.1. The van der Waals surface area contributed by atoms with Gasteiger partial charge in [-0.3, -0.25) is 4.90 Å². The van der Waals surface area contributed by atoms with Crippen molar-refractivity contribution in [1.82, 2.24) is 15.1 Å². The summed E-state index contributed by atoms with van der Waals surface area (Å²) in [6.45, 7) is 0. The van der Waals surface area contributed by atoms with Crippen molar-refractivity contribution in [1.29, 1.82) is 0 Å². The number of H-pyrrole nitrogens is 1. The first-order chi connectivity index (χ1) is 23.4. The predicted molar refractivity (Wildman–Crippen MR) is 156 cm³/mol. The van der Waals surface area contributed by atoms with E-state index < -0.39 is 70.8 Å². The monoisotopic (exact) mass is 715 g/mol. The summed E-state index contributed by atoms with van der Waals surface area (Å²) in [6, 6.07) is 6.62. The minimum atomic E-state index is -5.15. The summed E-state index contributed by atoms with van der Waals surface area (Å²) >= 11 is 0. The zero-order chi connectivity index (χ0) is 36.2. The Kier molecular flexibility index (Phi) is 8.89. The number of alkyl halides is 9. The number of carbonyl (C=O) groups excluding carboxylic acids is 1. The van der Waals surface area contributed by atoms with Gasteiger partial charge in [-0.25, -0.2) is 14.7 Å². The Morgan fingerprint density at radius 3 is 2.10 bits per heavy atom. The number of amides is 1. The van der Waals surface area contributed by atoms with Crippen LogP contribution in [-0.2, 0) is 36.1 Å². The van der Waals surface area contributed by atoms with Gasteiger partial charge in [0, 0.05) is 12.0 Å². The number of methoxy groups -OCH3 is 1. The molecule has 1 amide bonds. The second-order valence-electron chi connectivity index (χ2n) is 11.9.